The molecule has 2 aromatic heterocycles. The van der Waals surface area contributed by atoms with E-state index in [1.165, 1.54) is 4.90 Å². The van der Waals surface area contributed by atoms with Crippen LogP contribution in [0.1, 0.15) is 17.2 Å². The van der Waals surface area contributed by atoms with Crippen LogP contribution in [0.4, 0.5) is 5.69 Å². The predicted molar refractivity (Wildman–Crippen MR) is 109 cm³/mol. The van der Waals surface area contributed by atoms with E-state index < -0.39 is 0 Å². The van der Waals surface area contributed by atoms with E-state index in [1.807, 2.05) is 30.3 Å². The minimum Gasteiger partial charge on any atom is -0.497 e. The third kappa shape index (κ3) is 4.43. The Morgan fingerprint density at radius 3 is 2.89 bits per heavy atom. The summed E-state index contributed by atoms with van der Waals surface area (Å²) in [4.78, 5) is 18.3. The number of aromatic nitrogens is 3. The Bertz CT molecular complexity index is 932. The topological polar surface area (TPSA) is 60.2 Å². The summed E-state index contributed by atoms with van der Waals surface area (Å²) in [6.07, 6.45) is 5.26. The third-order valence-corrected chi connectivity index (χ3v) is 4.89. The molecule has 1 unspecified atom stereocenters. The lowest BCUT2D eigenvalue weighted by molar-refractivity contribution is -0.118. The van der Waals surface area contributed by atoms with Crippen LogP contribution in [-0.2, 0) is 4.79 Å². The largest absolute Gasteiger partial charge is 0.497 e. The Labute approximate surface area is 168 Å². The minimum absolute atomic E-state index is 0.120. The van der Waals surface area contributed by atoms with Crippen LogP contribution >= 0.6 is 24.2 Å². The van der Waals surface area contributed by atoms with Crippen LogP contribution in [0.3, 0.4) is 0 Å². The molecular weight excluding hydrogens is 384 g/mol. The summed E-state index contributed by atoms with van der Waals surface area (Å²) in [7, 11) is 3.28. The molecule has 0 N–H and O–H groups in total. The fraction of sp³-hybridized carbons (Fsp3) is 0.211. The van der Waals surface area contributed by atoms with Crippen molar-refractivity contribution >= 4 is 35.8 Å². The van der Waals surface area contributed by atoms with E-state index in [4.69, 9.17) is 16.3 Å². The number of amides is 1. The average molecular weight is 403 g/mol. The van der Waals surface area contributed by atoms with Gasteiger partial charge in [0.2, 0.25) is 5.91 Å². The van der Waals surface area contributed by atoms with Gasteiger partial charge < -0.3 is 9.64 Å². The number of halogens is 1. The molecule has 1 aromatic carbocycles. The van der Waals surface area contributed by atoms with E-state index in [0.29, 0.717) is 5.69 Å². The number of anilines is 1. The number of nitrogens with zero attached hydrogens (tertiary/aromatic N) is 4. The Morgan fingerprint density at radius 1 is 1.37 bits per heavy atom. The van der Waals surface area contributed by atoms with Crippen molar-refractivity contribution in [1.82, 2.24) is 14.8 Å². The maximum atomic E-state index is 12.7. The zero-order valence-corrected chi connectivity index (χ0v) is 16.6. The summed E-state index contributed by atoms with van der Waals surface area (Å²) in [6.45, 7) is 0. The van der Waals surface area contributed by atoms with Crippen molar-refractivity contribution in [1.29, 1.82) is 0 Å². The number of hydrogen-bond acceptors (Lipinski definition) is 5. The van der Waals surface area contributed by atoms with Crippen LogP contribution in [0.15, 0.2) is 55.0 Å². The van der Waals surface area contributed by atoms with E-state index in [0.717, 1.165) is 17.0 Å². The molecule has 6 nitrogen and oxygen atoms in total. The number of hydrogen-bond donors (Lipinski definition) is 1. The highest BCUT2D eigenvalue weighted by atomic mass is 35.5. The molecule has 2 heterocycles. The molecule has 0 aliphatic heterocycles. The van der Waals surface area contributed by atoms with Crippen LogP contribution in [0.25, 0.3) is 5.69 Å². The maximum Gasteiger partial charge on any atom is 0.228 e. The van der Waals surface area contributed by atoms with Gasteiger partial charge in [-0.1, -0.05) is 23.7 Å². The van der Waals surface area contributed by atoms with Gasteiger partial charge in [-0.25, -0.2) is 4.68 Å². The summed E-state index contributed by atoms with van der Waals surface area (Å²) < 4.78 is 6.82. The van der Waals surface area contributed by atoms with Crippen molar-refractivity contribution in [2.75, 3.05) is 19.1 Å². The third-order valence-electron chi connectivity index (χ3n) is 4.14. The van der Waals surface area contributed by atoms with Crippen molar-refractivity contribution in [3.05, 3.63) is 65.7 Å². The molecule has 27 heavy (non-hydrogen) atoms. The number of benzene rings is 1. The standard InChI is InChI=1S/C19H19ClN4O2S/c1-23(16-12-24(22-19(16)20)14-6-4-8-21-11-14)18(25)10-17(27)13-5-3-7-15(9-13)26-2/h3-9,11-12,17,27H,10H2,1-2H3. The molecule has 0 bridgehead atoms. The molecule has 140 valence electrons. The van der Waals surface area contributed by atoms with Crippen molar-refractivity contribution in [3.8, 4) is 11.4 Å². The first-order valence-electron chi connectivity index (χ1n) is 8.23. The Kier molecular flexibility index (Phi) is 6.03. The molecule has 1 atom stereocenters. The second kappa shape index (κ2) is 8.45. The van der Waals surface area contributed by atoms with E-state index in [2.05, 4.69) is 22.7 Å². The van der Waals surface area contributed by atoms with Crippen molar-refractivity contribution in [2.45, 2.75) is 11.7 Å². The number of thiol groups is 1. The van der Waals surface area contributed by atoms with Gasteiger partial charge in [-0.2, -0.15) is 17.7 Å². The van der Waals surface area contributed by atoms with E-state index in [-0.39, 0.29) is 22.7 Å². The summed E-state index contributed by atoms with van der Waals surface area (Å²) in [6, 6.07) is 11.2. The van der Waals surface area contributed by atoms with Crippen molar-refractivity contribution in [3.63, 3.8) is 0 Å². The second-order valence-corrected chi connectivity index (χ2v) is 6.89. The molecule has 0 spiro atoms. The van der Waals surface area contributed by atoms with E-state index >= 15 is 0 Å². The van der Waals surface area contributed by atoms with Gasteiger partial charge in [0.1, 0.15) is 11.4 Å². The van der Waals surface area contributed by atoms with Gasteiger partial charge in [0.05, 0.1) is 25.2 Å². The maximum absolute atomic E-state index is 12.7. The van der Waals surface area contributed by atoms with Crippen LogP contribution < -0.4 is 9.64 Å². The molecule has 8 heteroatoms. The van der Waals surface area contributed by atoms with Gasteiger partial charge in [0.15, 0.2) is 5.15 Å². The SMILES string of the molecule is COc1cccc(C(S)CC(=O)N(C)c2cn(-c3cccnc3)nc2Cl)c1. The lowest BCUT2D eigenvalue weighted by atomic mass is 10.1. The first-order valence-corrected chi connectivity index (χ1v) is 9.13. The Balaban J connectivity index is 1.74. The number of carbonyl (C=O) groups excluding carboxylic acids is 1. The molecular formula is C19H19ClN4O2S. The van der Waals surface area contributed by atoms with E-state index in [9.17, 15) is 4.79 Å². The van der Waals surface area contributed by atoms with Crippen LogP contribution in [0, 0.1) is 0 Å². The molecule has 0 saturated carbocycles. The lowest BCUT2D eigenvalue weighted by Crippen LogP contribution is -2.27. The fourth-order valence-corrected chi connectivity index (χ4v) is 3.17. The zero-order chi connectivity index (χ0) is 19.4. The summed E-state index contributed by atoms with van der Waals surface area (Å²) in [5.74, 6) is 0.610. The van der Waals surface area contributed by atoms with Crippen molar-refractivity contribution in [2.24, 2.45) is 0 Å². The monoisotopic (exact) mass is 402 g/mol. The number of pyridine rings is 1. The number of ether oxygens (including phenoxy) is 1. The lowest BCUT2D eigenvalue weighted by Gasteiger charge is -2.18. The molecule has 3 rings (SSSR count). The first kappa shape index (κ1) is 19.3. The quantitative estimate of drug-likeness (QED) is 0.634. The number of rotatable bonds is 6. The molecule has 0 fully saturated rings. The van der Waals surface area contributed by atoms with Gasteiger partial charge in [0, 0.05) is 24.9 Å². The van der Waals surface area contributed by atoms with Gasteiger partial charge in [-0.05, 0) is 29.8 Å². The molecule has 1 amide bonds. The molecule has 3 aromatic rings. The first-order chi connectivity index (χ1) is 13.0. The van der Waals surface area contributed by atoms with E-state index in [1.54, 1.807) is 43.5 Å². The second-order valence-electron chi connectivity index (χ2n) is 5.91. The summed E-state index contributed by atoms with van der Waals surface area (Å²) >= 11 is 10.8. The zero-order valence-electron chi connectivity index (χ0n) is 14.9. The summed E-state index contributed by atoms with van der Waals surface area (Å²) in [5.41, 5.74) is 2.20. The highest BCUT2D eigenvalue weighted by molar-refractivity contribution is 7.80. The highest BCUT2D eigenvalue weighted by Crippen LogP contribution is 2.30. The van der Waals surface area contributed by atoms with Gasteiger partial charge in [-0.3, -0.25) is 9.78 Å². The Morgan fingerprint density at radius 2 is 2.19 bits per heavy atom. The van der Waals surface area contributed by atoms with Gasteiger partial charge in [-0.15, -0.1) is 0 Å². The molecule has 0 aliphatic carbocycles. The van der Waals surface area contributed by atoms with Crippen LogP contribution in [-0.4, -0.2) is 34.8 Å². The fourth-order valence-electron chi connectivity index (χ4n) is 2.59. The number of carbonyl (C=O) groups is 1. The molecule has 0 saturated heterocycles. The number of methoxy groups -OCH3 is 1. The smallest absolute Gasteiger partial charge is 0.228 e. The van der Waals surface area contributed by atoms with Gasteiger partial charge >= 0.3 is 0 Å². The molecule has 0 aliphatic rings. The molecule has 0 radical (unpaired) electrons. The highest BCUT2D eigenvalue weighted by Gasteiger charge is 2.21. The predicted octanol–water partition coefficient (Wildman–Crippen LogP) is 3.95. The van der Waals surface area contributed by atoms with Crippen LogP contribution in [0.5, 0.6) is 5.75 Å². The normalized spacial score (nSPS) is 11.9. The Hall–Kier alpha value is -2.51. The van der Waals surface area contributed by atoms with Gasteiger partial charge in [0.25, 0.3) is 0 Å². The average Bonchev–Trinajstić information content (AvgIpc) is 3.09. The van der Waals surface area contributed by atoms with Crippen LogP contribution in [0.2, 0.25) is 5.15 Å². The van der Waals surface area contributed by atoms with Crippen molar-refractivity contribution < 1.29 is 9.53 Å². The summed E-state index contributed by atoms with van der Waals surface area (Å²) in [5, 5.41) is 4.24. The minimum atomic E-state index is -0.262.